The lowest BCUT2D eigenvalue weighted by atomic mass is 10.1. The molecule has 4 nitrogen and oxygen atoms in total. The highest BCUT2D eigenvalue weighted by molar-refractivity contribution is 9.10. The van der Waals surface area contributed by atoms with Crippen molar-refractivity contribution in [3.63, 3.8) is 0 Å². The summed E-state index contributed by atoms with van der Waals surface area (Å²) in [6, 6.07) is 14.0. The summed E-state index contributed by atoms with van der Waals surface area (Å²) in [6.07, 6.45) is 0. The van der Waals surface area contributed by atoms with Crippen LogP contribution in [0.5, 0.6) is 0 Å². The maximum atomic E-state index is 8.96. The van der Waals surface area contributed by atoms with Crippen LogP contribution in [0.15, 0.2) is 52.1 Å². The number of hydrogen-bond acceptors (Lipinski definition) is 3. The van der Waals surface area contributed by atoms with Crippen LogP contribution in [0.4, 0.5) is 5.69 Å². The molecule has 0 saturated heterocycles. The lowest BCUT2D eigenvalue weighted by Crippen LogP contribution is -2.23. The molecular weight excluding hydrogens is 330 g/mol. The molecule has 5 heteroatoms. The summed E-state index contributed by atoms with van der Waals surface area (Å²) >= 11 is 3.55. The molecule has 3 N–H and O–H groups in total. The van der Waals surface area contributed by atoms with Gasteiger partial charge in [0.05, 0.1) is 0 Å². The van der Waals surface area contributed by atoms with Gasteiger partial charge in [-0.05, 0) is 30.7 Å². The second kappa shape index (κ2) is 6.63. The number of rotatable bonds is 4. The molecule has 21 heavy (non-hydrogen) atoms. The Morgan fingerprint density at radius 2 is 2.00 bits per heavy atom. The molecule has 0 fully saturated rings. The van der Waals surface area contributed by atoms with Crippen molar-refractivity contribution in [3.8, 4) is 0 Å². The van der Waals surface area contributed by atoms with Crippen LogP contribution < -0.4 is 10.6 Å². The Hall–Kier alpha value is -2.01. The number of nitrogens with zero attached hydrogens (tertiary/aromatic N) is 2. The van der Waals surface area contributed by atoms with Gasteiger partial charge < -0.3 is 15.8 Å². The predicted molar refractivity (Wildman–Crippen MR) is 89.9 cm³/mol. The van der Waals surface area contributed by atoms with Gasteiger partial charge in [-0.1, -0.05) is 50.9 Å². The third-order valence-corrected chi connectivity index (χ3v) is 4.09. The highest BCUT2D eigenvalue weighted by Crippen LogP contribution is 2.25. The van der Waals surface area contributed by atoms with Crippen molar-refractivity contribution >= 4 is 27.5 Å². The van der Waals surface area contributed by atoms with Crippen LogP contribution in [0.1, 0.15) is 16.7 Å². The Bertz CT molecular complexity index is 670. The van der Waals surface area contributed by atoms with Gasteiger partial charge in [-0.25, -0.2) is 0 Å². The quantitative estimate of drug-likeness (QED) is 0.385. The van der Waals surface area contributed by atoms with Crippen molar-refractivity contribution < 1.29 is 5.21 Å². The largest absolute Gasteiger partial charge is 0.409 e. The average Bonchev–Trinajstić information content (AvgIpc) is 2.48. The maximum Gasteiger partial charge on any atom is 0.172 e. The topological polar surface area (TPSA) is 61.8 Å². The molecule has 2 aromatic carbocycles. The second-order valence-corrected chi connectivity index (χ2v) is 5.81. The number of nitrogens with two attached hydrogens (primary N) is 1. The second-order valence-electron chi connectivity index (χ2n) is 4.95. The van der Waals surface area contributed by atoms with E-state index in [9.17, 15) is 0 Å². The van der Waals surface area contributed by atoms with Crippen LogP contribution in [-0.2, 0) is 6.54 Å². The summed E-state index contributed by atoms with van der Waals surface area (Å²) in [5, 5.41) is 12.1. The molecule has 2 rings (SSSR count). The summed E-state index contributed by atoms with van der Waals surface area (Å²) in [4.78, 5) is 2.08. The van der Waals surface area contributed by atoms with Gasteiger partial charge in [-0.2, -0.15) is 0 Å². The third-order valence-electron chi connectivity index (χ3n) is 3.31. The van der Waals surface area contributed by atoms with Crippen LogP contribution in [0.2, 0.25) is 0 Å². The number of hydrogen-bond donors (Lipinski definition) is 2. The third kappa shape index (κ3) is 3.55. The minimum absolute atomic E-state index is 0.118. The number of benzene rings is 2. The summed E-state index contributed by atoms with van der Waals surface area (Å²) in [5.74, 6) is 0.118. The number of halogens is 1. The van der Waals surface area contributed by atoms with Crippen molar-refractivity contribution in [3.05, 3.63) is 63.6 Å². The van der Waals surface area contributed by atoms with E-state index in [-0.39, 0.29) is 5.84 Å². The molecule has 0 spiro atoms. The van der Waals surface area contributed by atoms with Crippen LogP contribution in [0.3, 0.4) is 0 Å². The Labute approximate surface area is 133 Å². The van der Waals surface area contributed by atoms with Gasteiger partial charge in [-0.3, -0.25) is 0 Å². The normalized spacial score (nSPS) is 11.5. The smallest absolute Gasteiger partial charge is 0.172 e. The van der Waals surface area contributed by atoms with E-state index in [0.29, 0.717) is 0 Å². The highest BCUT2D eigenvalue weighted by atomic mass is 79.9. The van der Waals surface area contributed by atoms with E-state index < -0.39 is 0 Å². The van der Waals surface area contributed by atoms with Gasteiger partial charge in [-0.15, -0.1) is 0 Å². The minimum Gasteiger partial charge on any atom is -0.409 e. The first-order chi connectivity index (χ1) is 10.0. The fourth-order valence-electron chi connectivity index (χ4n) is 2.21. The molecule has 0 aliphatic carbocycles. The van der Waals surface area contributed by atoms with Crippen LogP contribution in [0, 0.1) is 6.92 Å². The van der Waals surface area contributed by atoms with E-state index >= 15 is 0 Å². The number of oxime groups is 1. The standard InChI is InChI=1S/C16H18BrN3O/c1-11-7-8-15(13(9-11)16(18)19-21)20(2)10-12-5-3-4-6-14(12)17/h3-9,21H,10H2,1-2H3,(H2,18,19). The van der Waals surface area contributed by atoms with E-state index in [1.807, 2.05) is 50.4 Å². The molecule has 0 aliphatic heterocycles. The Morgan fingerprint density at radius 1 is 1.29 bits per heavy atom. The van der Waals surface area contributed by atoms with Crippen LogP contribution in [0.25, 0.3) is 0 Å². The summed E-state index contributed by atoms with van der Waals surface area (Å²) in [6.45, 7) is 2.70. The molecule has 110 valence electrons. The number of aryl methyl sites for hydroxylation is 1. The first-order valence-electron chi connectivity index (χ1n) is 6.56. The van der Waals surface area contributed by atoms with Gasteiger partial charge in [0.2, 0.25) is 0 Å². The monoisotopic (exact) mass is 347 g/mol. The summed E-state index contributed by atoms with van der Waals surface area (Å²) < 4.78 is 1.06. The van der Waals surface area contributed by atoms with Gasteiger partial charge in [0.25, 0.3) is 0 Å². The Morgan fingerprint density at radius 3 is 2.67 bits per heavy atom. The molecule has 0 aliphatic rings. The Kier molecular flexibility index (Phi) is 4.85. The molecule has 0 atom stereocenters. The van der Waals surface area contributed by atoms with Gasteiger partial charge in [0, 0.05) is 29.3 Å². The lowest BCUT2D eigenvalue weighted by molar-refractivity contribution is 0.318. The van der Waals surface area contributed by atoms with Crippen molar-refractivity contribution in [1.29, 1.82) is 0 Å². The Balaban J connectivity index is 2.35. The molecule has 0 saturated carbocycles. The van der Waals surface area contributed by atoms with Crippen molar-refractivity contribution in [1.82, 2.24) is 0 Å². The van der Waals surface area contributed by atoms with Crippen LogP contribution >= 0.6 is 15.9 Å². The molecule has 0 radical (unpaired) electrons. The number of anilines is 1. The minimum atomic E-state index is 0.118. The highest BCUT2D eigenvalue weighted by Gasteiger charge is 2.12. The van der Waals surface area contributed by atoms with E-state index in [4.69, 9.17) is 10.9 Å². The zero-order chi connectivity index (χ0) is 15.4. The van der Waals surface area contributed by atoms with E-state index in [0.717, 1.165) is 27.8 Å². The maximum absolute atomic E-state index is 8.96. The molecule has 0 amide bonds. The van der Waals surface area contributed by atoms with Crippen molar-refractivity contribution in [2.75, 3.05) is 11.9 Å². The fraction of sp³-hybridized carbons (Fsp3) is 0.188. The molecule has 0 unspecified atom stereocenters. The first-order valence-corrected chi connectivity index (χ1v) is 7.35. The molecule has 0 bridgehead atoms. The predicted octanol–water partition coefficient (Wildman–Crippen LogP) is 3.49. The number of amidine groups is 1. The van der Waals surface area contributed by atoms with E-state index in [1.54, 1.807) is 0 Å². The molecule has 2 aromatic rings. The molecule has 0 heterocycles. The SMILES string of the molecule is Cc1ccc(N(C)Cc2ccccc2Br)c(/C(N)=N/O)c1. The first kappa shape index (κ1) is 15.4. The average molecular weight is 348 g/mol. The summed E-state index contributed by atoms with van der Waals surface area (Å²) in [7, 11) is 1.98. The zero-order valence-corrected chi connectivity index (χ0v) is 13.6. The lowest BCUT2D eigenvalue weighted by Gasteiger charge is -2.23. The van der Waals surface area contributed by atoms with E-state index in [1.165, 1.54) is 5.56 Å². The van der Waals surface area contributed by atoms with Crippen LogP contribution in [-0.4, -0.2) is 18.1 Å². The van der Waals surface area contributed by atoms with Gasteiger partial charge in [0.1, 0.15) is 0 Å². The summed E-state index contributed by atoms with van der Waals surface area (Å²) in [5.41, 5.74) is 9.68. The molecular formula is C16H18BrN3O. The van der Waals surface area contributed by atoms with Crippen molar-refractivity contribution in [2.24, 2.45) is 10.9 Å². The molecule has 0 aromatic heterocycles. The van der Waals surface area contributed by atoms with E-state index in [2.05, 4.69) is 32.1 Å². The van der Waals surface area contributed by atoms with Gasteiger partial charge >= 0.3 is 0 Å². The fourth-order valence-corrected chi connectivity index (χ4v) is 2.62. The zero-order valence-electron chi connectivity index (χ0n) is 12.0. The van der Waals surface area contributed by atoms with Gasteiger partial charge in [0.15, 0.2) is 5.84 Å². The van der Waals surface area contributed by atoms with Crippen molar-refractivity contribution in [2.45, 2.75) is 13.5 Å².